The summed E-state index contributed by atoms with van der Waals surface area (Å²) in [5.74, 6) is 0. The Morgan fingerprint density at radius 1 is 1.45 bits per heavy atom. The quantitative estimate of drug-likeness (QED) is 0.906. The van der Waals surface area contributed by atoms with E-state index in [1.54, 1.807) is 31.3 Å². The fourth-order valence-corrected chi connectivity index (χ4v) is 2.59. The molecule has 0 bridgehead atoms. The van der Waals surface area contributed by atoms with Gasteiger partial charge in [-0.2, -0.15) is 0 Å². The first-order valence-electron chi connectivity index (χ1n) is 6.05. The summed E-state index contributed by atoms with van der Waals surface area (Å²) in [6.45, 7) is 0.229. The molecule has 0 saturated heterocycles. The van der Waals surface area contributed by atoms with Gasteiger partial charge in [0.1, 0.15) is 6.10 Å². The molecule has 2 N–H and O–H groups in total. The van der Waals surface area contributed by atoms with E-state index >= 15 is 0 Å². The van der Waals surface area contributed by atoms with Gasteiger partial charge in [0.05, 0.1) is 6.54 Å². The monoisotopic (exact) mass is 310 g/mol. The molecule has 106 valence electrons. The maximum Gasteiger partial charge on any atom is 0.321 e. The van der Waals surface area contributed by atoms with Crippen molar-refractivity contribution in [1.82, 2.24) is 4.90 Å². The largest absolute Gasteiger partial charge is 0.386 e. The van der Waals surface area contributed by atoms with Crippen LogP contribution in [0.15, 0.2) is 41.8 Å². The van der Waals surface area contributed by atoms with Gasteiger partial charge in [0.15, 0.2) is 0 Å². The minimum atomic E-state index is -0.676. The average molecular weight is 311 g/mol. The van der Waals surface area contributed by atoms with Gasteiger partial charge in [-0.1, -0.05) is 23.7 Å². The van der Waals surface area contributed by atoms with Gasteiger partial charge in [-0.15, -0.1) is 11.3 Å². The van der Waals surface area contributed by atoms with E-state index in [2.05, 4.69) is 5.32 Å². The summed E-state index contributed by atoms with van der Waals surface area (Å²) in [5.41, 5.74) is 0.625. The molecule has 20 heavy (non-hydrogen) atoms. The minimum absolute atomic E-state index is 0.229. The summed E-state index contributed by atoms with van der Waals surface area (Å²) in [6.07, 6.45) is -0.676. The van der Waals surface area contributed by atoms with Gasteiger partial charge in [0, 0.05) is 22.6 Å². The van der Waals surface area contributed by atoms with Gasteiger partial charge in [-0.25, -0.2) is 4.79 Å². The van der Waals surface area contributed by atoms with E-state index in [0.29, 0.717) is 10.7 Å². The van der Waals surface area contributed by atoms with E-state index in [4.69, 9.17) is 11.6 Å². The van der Waals surface area contributed by atoms with Crippen LogP contribution in [0.4, 0.5) is 10.5 Å². The summed E-state index contributed by atoms with van der Waals surface area (Å²) >= 11 is 7.32. The number of nitrogens with zero attached hydrogens (tertiary/aromatic N) is 1. The van der Waals surface area contributed by atoms with Gasteiger partial charge < -0.3 is 15.3 Å². The molecular weight excluding hydrogens is 296 g/mol. The molecule has 2 aromatic rings. The van der Waals surface area contributed by atoms with Gasteiger partial charge in [-0.3, -0.25) is 0 Å². The highest BCUT2D eigenvalue weighted by Gasteiger charge is 2.15. The van der Waals surface area contributed by atoms with Gasteiger partial charge in [-0.05, 0) is 29.6 Å². The fraction of sp³-hybridized carbons (Fsp3) is 0.214. The Balaban J connectivity index is 1.92. The SMILES string of the molecule is CN(CC(O)c1cccs1)C(=O)Nc1cccc(Cl)c1. The lowest BCUT2D eigenvalue weighted by molar-refractivity contribution is 0.139. The Morgan fingerprint density at radius 2 is 2.25 bits per heavy atom. The van der Waals surface area contributed by atoms with Crippen LogP contribution in [0.1, 0.15) is 11.0 Å². The second-order valence-corrected chi connectivity index (χ2v) is 5.77. The van der Waals surface area contributed by atoms with Crippen LogP contribution in [0.2, 0.25) is 5.02 Å². The molecule has 0 aliphatic heterocycles. The molecule has 4 nitrogen and oxygen atoms in total. The number of rotatable bonds is 4. The van der Waals surface area contributed by atoms with Crippen molar-refractivity contribution >= 4 is 34.7 Å². The number of carbonyl (C=O) groups is 1. The summed E-state index contributed by atoms with van der Waals surface area (Å²) in [7, 11) is 1.64. The molecule has 1 unspecified atom stereocenters. The van der Waals surface area contributed by atoms with Crippen LogP contribution in [-0.4, -0.2) is 29.6 Å². The van der Waals surface area contributed by atoms with Crippen molar-refractivity contribution in [3.63, 3.8) is 0 Å². The van der Waals surface area contributed by atoms with E-state index in [9.17, 15) is 9.90 Å². The number of hydrogen-bond acceptors (Lipinski definition) is 3. The number of aliphatic hydroxyl groups is 1. The third-order valence-electron chi connectivity index (χ3n) is 2.74. The van der Waals surface area contributed by atoms with Gasteiger partial charge >= 0.3 is 6.03 Å². The maximum absolute atomic E-state index is 12.0. The van der Waals surface area contributed by atoms with Crippen molar-refractivity contribution in [2.75, 3.05) is 18.9 Å². The molecule has 2 amide bonds. The van der Waals surface area contributed by atoms with Crippen molar-refractivity contribution in [2.45, 2.75) is 6.10 Å². The van der Waals surface area contributed by atoms with E-state index in [0.717, 1.165) is 4.88 Å². The van der Waals surface area contributed by atoms with Crippen molar-refractivity contribution in [2.24, 2.45) is 0 Å². The highest BCUT2D eigenvalue weighted by Crippen LogP contribution is 2.20. The van der Waals surface area contributed by atoms with Crippen molar-refractivity contribution in [1.29, 1.82) is 0 Å². The van der Waals surface area contributed by atoms with Gasteiger partial charge in [0.2, 0.25) is 0 Å². The molecule has 1 heterocycles. The summed E-state index contributed by atoms with van der Waals surface area (Å²) < 4.78 is 0. The van der Waals surface area contributed by atoms with Crippen LogP contribution in [-0.2, 0) is 0 Å². The van der Waals surface area contributed by atoms with E-state index in [-0.39, 0.29) is 12.6 Å². The zero-order valence-electron chi connectivity index (χ0n) is 10.9. The number of hydrogen-bond donors (Lipinski definition) is 2. The Bertz CT molecular complexity index is 574. The number of anilines is 1. The van der Waals surface area contributed by atoms with Gasteiger partial charge in [0.25, 0.3) is 0 Å². The maximum atomic E-state index is 12.0. The smallest absolute Gasteiger partial charge is 0.321 e. The van der Waals surface area contributed by atoms with E-state index in [1.807, 2.05) is 17.5 Å². The molecule has 2 rings (SSSR count). The van der Waals surface area contributed by atoms with Crippen LogP contribution in [0.25, 0.3) is 0 Å². The van der Waals surface area contributed by atoms with Crippen LogP contribution >= 0.6 is 22.9 Å². The van der Waals surface area contributed by atoms with Crippen LogP contribution < -0.4 is 5.32 Å². The van der Waals surface area contributed by atoms with Crippen LogP contribution in [0, 0.1) is 0 Å². The molecule has 1 atom stereocenters. The molecule has 0 fully saturated rings. The Hall–Kier alpha value is -1.56. The third kappa shape index (κ3) is 3.96. The molecular formula is C14H15ClN2O2S. The number of halogens is 1. The Morgan fingerprint density at radius 3 is 2.90 bits per heavy atom. The molecule has 6 heteroatoms. The fourth-order valence-electron chi connectivity index (χ4n) is 1.70. The number of thiophene rings is 1. The Kier molecular flexibility index (Phi) is 5.00. The standard InChI is InChI=1S/C14H15ClN2O2S/c1-17(9-12(18)13-6-3-7-20-13)14(19)16-11-5-2-4-10(15)8-11/h2-8,12,18H,9H2,1H3,(H,16,19). The summed E-state index contributed by atoms with van der Waals surface area (Å²) in [4.78, 5) is 14.3. The predicted octanol–water partition coefficient (Wildman–Crippen LogP) is 3.60. The lowest BCUT2D eigenvalue weighted by Crippen LogP contribution is -2.34. The van der Waals surface area contributed by atoms with Crippen molar-refractivity contribution < 1.29 is 9.90 Å². The molecule has 1 aromatic heterocycles. The van der Waals surface area contributed by atoms with Crippen LogP contribution in [0.5, 0.6) is 0 Å². The summed E-state index contributed by atoms with van der Waals surface area (Å²) in [5, 5.41) is 15.2. The number of benzene rings is 1. The van der Waals surface area contributed by atoms with Crippen molar-refractivity contribution in [3.05, 3.63) is 51.7 Å². The lowest BCUT2D eigenvalue weighted by atomic mass is 10.3. The second kappa shape index (κ2) is 6.74. The topological polar surface area (TPSA) is 52.6 Å². The zero-order chi connectivity index (χ0) is 14.5. The first-order valence-corrected chi connectivity index (χ1v) is 7.31. The number of nitrogens with one attached hydrogen (secondary N) is 1. The molecule has 0 aliphatic carbocycles. The average Bonchev–Trinajstić information content (AvgIpc) is 2.92. The second-order valence-electron chi connectivity index (χ2n) is 4.35. The molecule has 0 spiro atoms. The molecule has 0 saturated carbocycles. The predicted molar refractivity (Wildman–Crippen MR) is 82.4 cm³/mol. The number of amides is 2. The minimum Gasteiger partial charge on any atom is -0.386 e. The number of carbonyl (C=O) groups excluding carboxylic acids is 1. The highest BCUT2D eigenvalue weighted by atomic mass is 35.5. The molecule has 0 aliphatic rings. The number of aliphatic hydroxyl groups excluding tert-OH is 1. The zero-order valence-corrected chi connectivity index (χ0v) is 12.5. The van der Waals surface area contributed by atoms with Crippen LogP contribution in [0.3, 0.4) is 0 Å². The van der Waals surface area contributed by atoms with E-state index < -0.39 is 6.10 Å². The lowest BCUT2D eigenvalue weighted by Gasteiger charge is -2.20. The Labute approximate surface area is 126 Å². The third-order valence-corrected chi connectivity index (χ3v) is 3.95. The number of urea groups is 1. The van der Waals surface area contributed by atoms with E-state index in [1.165, 1.54) is 16.2 Å². The molecule has 0 radical (unpaired) electrons. The first kappa shape index (κ1) is 14.8. The number of likely N-dealkylation sites (N-methyl/N-ethyl adjacent to an activating group) is 1. The van der Waals surface area contributed by atoms with Crippen molar-refractivity contribution in [3.8, 4) is 0 Å². The summed E-state index contributed by atoms with van der Waals surface area (Å²) in [6, 6.07) is 10.4. The highest BCUT2D eigenvalue weighted by molar-refractivity contribution is 7.10. The molecule has 1 aromatic carbocycles. The first-order chi connectivity index (χ1) is 9.56. The normalized spacial score (nSPS) is 11.9.